The van der Waals surface area contributed by atoms with Gasteiger partial charge in [-0.3, -0.25) is 0 Å². The number of benzene rings is 1. The lowest BCUT2D eigenvalue weighted by Crippen LogP contribution is -2.06. The molecule has 1 unspecified atom stereocenters. The minimum absolute atomic E-state index is 0.524. The Morgan fingerprint density at radius 2 is 2.07 bits per heavy atom. The first-order valence-electron chi connectivity index (χ1n) is 5.10. The summed E-state index contributed by atoms with van der Waals surface area (Å²) in [4.78, 5) is 0. The van der Waals surface area contributed by atoms with Crippen LogP contribution in [0.2, 0.25) is 0 Å². The molecule has 1 aromatic carbocycles. The van der Waals surface area contributed by atoms with Crippen LogP contribution in [-0.4, -0.2) is 0 Å². The Bertz CT molecular complexity index is 396. The van der Waals surface area contributed by atoms with Crippen molar-refractivity contribution in [2.24, 2.45) is 0 Å². The van der Waals surface area contributed by atoms with E-state index < -0.39 is 0 Å². The molecule has 0 nitrogen and oxygen atoms in total. The molecule has 1 aliphatic carbocycles. The maximum Gasteiger partial charge on any atom is 0.00858 e. The van der Waals surface area contributed by atoms with Gasteiger partial charge in [0, 0.05) is 5.92 Å². The molecule has 0 saturated heterocycles. The smallest absolute Gasteiger partial charge is 0.00858 e. The molecule has 0 aromatic heterocycles. The molecule has 0 amide bonds. The molecule has 0 aliphatic heterocycles. The van der Waals surface area contributed by atoms with Crippen LogP contribution < -0.4 is 0 Å². The molecule has 0 heteroatoms. The fraction of sp³-hybridized carbons (Fsp3) is 0.286. The number of allylic oxidation sites excluding steroid dienone is 2. The second kappa shape index (κ2) is 3.45. The van der Waals surface area contributed by atoms with Crippen LogP contribution >= 0.6 is 0 Å². The summed E-state index contributed by atoms with van der Waals surface area (Å²) < 4.78 is 0. The normalized spacial score (nSPS) is 19.9. The second-order valence-corrected chi connectivity index (χ2v) is 4.22. The molecule has 72 valence electrons. The van der Waals surface area contributed by atoms with E-state index in [0.29, 0.717) is 5.92 Å². The van der Waals surface area contributed by atoms with Crippen LogP contribution in [0.4, 0.5) is 0 Å². The number of rotatable bonds is 1. The maximum absolute atomic E-state index is 4.08. The quantitative estimate of drug-likeness (QED) is 0.575. The molecule has 0 radical (unpaired) electrons. The molecule has 0 N–H and O–H groups in total. The van der Waals surface area contributed by atoms with Crippen molar-refractivity contribution >= 4 is 6.08 Å². The minimum Gasteiger partial charge on any atom is -0.0995 e. The average molecular weight is 184 g/mol. The van der Waals surface area contributed by atoms with Gasteiger partial charge in [-0.2, -0.15) is 0 Å². The topological polar surface area (TPSA) is 0 Å². The molecule has 0 heterocycles. The van der Waals surface area contributed by atoms with Crippen LogP contribution in [0.5, 0.6) is 0 Å². The van der Waals surface area contributed by atoms with E-state index in [2.05, 4.69) is 50.8 Å². The molecule has 0 saturated carbocycles. The monoisotopic (exact) mass is 184 g/mol. The van der Waals surface area contributed by atoms with Crippen LogP contribution in [0.15, 0.2) is 42.0 Å². The summed E-state index contributed by atoms with van der Waals surface area (Å²) in [6.07, 6.45) is 3.42. The van der Waals surface area contributed by atoms with Crippen molar-refractivity contribution in [1.82, 2.24) is 0 Å². The first kappa shape index (κ1) is 9.26. The number of hydrogen-bond acceptors (Lipinski definition) is 0. The van der Waals surface area contributed by atoms with Crippen molar-refractivity contribution in [3.05, 3.63) is 53.1 Å². The van der Waals surface area contributed by atoms with E-state index in [4.69, 9.17) is 0 Å². The van der Waals surface area contributed by atoms with Crippen molar-refractivity contribution in [1.29, 1.82) is 0 Å². The fourth-order valence-corrected chi connectivity index (χ4v) is 2.16. The summed E-state index contributed by atoms with van der Waals surface area (Å²) in [5.41, 5.74) is 5.52. The summed E-state index contributed by atoms with van der Waals surface area (Å²) in [5.74, 6) is 0.524. The zero-order chi connectivity index (χ0) is 10.1. The molecule has 1 aliphatic rings. The molecular weight excluding hydrogens is 168 g/mol. The lowest BCUT2D eigenvalue weighted by atomic mass is 9.80. The van der Waals surface area contributed by atoms with Gasteiger partial charge in [0.2, 0.25) is 0 Å². The van der Waals surface area contributed by atoms with Gasteiger partial charge in [-0.05, 0) is 31.4 Å². The van der Waals surface area contributed by atoms with Gasteiger partial charge < -0.3 is 0 Å². The summed E-state index contributed by atoms with van der Waals surface area (Å²) in [7, 11) is 0. The SMILES string of the molecule is C=C(C)C1CC(C)=Cc2ccccc21. The van der Waals surface area contributed by atoms with Gasteiger partial charge in [0.25, 0.3) is 0 Å². The third-order valence-corrected chi connectivity index (χ3v) is 2.89. The van der Waals surface area contributed by atoms with E-state index >= 15 is 0 Å². The molecule has 0 fully saturated rings. The highest BCUT2D eigenvalue weighted by Gasteiger charge is 2.19. The van der Waals surface area contributed by atoms with Crippen molar-refractivity contribution < 1.29 is 0 Å². The largest absolute Gasteiger partial charge is 0.0995 e. The highest BCUT2D eigenvalue weighted by atomic mass is 14.2. The fourth-order valence-electron chi connectivity index (χ4n) is 2.16. The predicted molar refractivity (Wildman–Crippen MR) is 62.3 cm³/mol. The van der Waals surface area contributed by atoms with Gasteiger partial charge in [-0.15, -0.1) is 0 Å². The van der Waals surface area contributed by atoms with Crippen molar-refractivity contribution in [3.8, 4) is 0 Å². The highest BCUT2D eigenvalue weighted by Crippen LogP contribution is 2.37. The Kier molecular flexibility index (Phi) is 2.28. The molecule has 0 bridgehead atoms. The van der Waals surface area contributed by atoms with Crippen LogP contribution in [0.25, 0.3) is 6.08 Å². The molecule has 2 rings (SSSR count). The van der Waals surface area contributed by atoms with E-state index in [9.17, 15) is 0 Å². The van der Waals surface area contributed by atoms with Crippen molar-refractivity contribution in [2.45, 2.75) is 26.2 Å². The zero-order valence-corrected chi connectivity index (χ0v) is 8.88. The van der Waals surface area contributed by atoms with Crippen molar-refractivity contribution in [3.63, 3.8) is 0 Å². The zero-order valence-electron chi connectivity index (χ0n) is 8.88. The Morgan fingerprint density at radius 3 is 2.79 bits per heavy atom. The Hall–Kier alpha value is -1.30. The third kappa shape index (κ3) is 1.52. The maximum atomic E-state index is 4.08. The average Bonchev–Trinajstić information content (AvgIpc) is 2.16. The first-order chi connectivity index (χ1) is 6.68. The van der Waals surface area contributed by atoms with Gasteiger partial charge in [-0.1, -0.05) is 48.1 Å². The Labute approximate surface area is 86.0 Å². The molecule has 0 spiro atoms. The summed E-state index contributed by atoms with van der Waals surface area (Å²) in [6, 6.07) is 8.62. The van der Waals surface area contributed by atoms with E-state index in [1.165, 1.54) is 22.3 Å². The van der Waals surface area contributed by atoms with Crippen LogP contribution in [0.1, 0.15) is 37.3 Å². The van der Waals surface area contributed by atoms with E-state index in [0.717, 1.165) is 6.42 Å². The van der Waals surface area contributed by atoms with Gasteiger partial charge in [-0.25, -0.2) is 0 Å². The van der Waals surface area contributed by atoms with Gasteiger partial charge in [0.1, 0.15) is 0 Å². The predicted octanol–water partition coefficient (Wildman–Crippen LogP) is 4.15. The van der Waals surface area contributed by atoms with Crippen molar-refractivity contribution in [2.75, 3.05) is 0 Å². The number of hydrogen-bond donors (Lipinski definition) is 0. The minimum atomic E-state index is 0.524. The molecule has 1 aromatic rings. The second-order valence-electron chi connectivity index (χ2n) is 4.22. The summed E-state index contributed by atoms with van der Waals surface area (Å²) >= 11 is 0. The van der Waals surface area contributed by atoms with Crippen LogP contribution in [-0.2, 0) is 0 Å². The highest BCUT2D eigenvalue weighted by molar-refractivity contribution is 5.61. The van der Waals surface area contributed by atoms with Gasteiger partial charge >= 0.3 is 0 Å². The van der Waals surface area contributed by atoms with Gasteiger partial charge in [0.05, 0.1) is 0 Å². The number of fused-ring (bicyclic) bond motifs is 1. The van der Waals surface area contributed by atoms with E-state index in [1.807, 2.05) is 0 Å². The van der Waals surface area contributed by atoms with Crippen LogP contribution in [0.3, 0.4) is 0 Å². The summed E-state index contributed by atoms with van der Waals surface area (Å²) in [5, 5.41) is 0. The molecule has 14 heavy (non-hydrogen) atoms. The summed E-state index contributed by atoms with van der Waals surface area (Å²) in [6.45, 7) is 8.41. The first-order valence-corrected chi connectivity index (χ1v) is 5.10. The van der Waals surface area contributed by atoms with Gasteiger partial charge in [0.15, 0.2) is 0 Å². The van der Waals surface area contributed by atoms with E-state index in [-0.39, 0.29) is 0 Å². The molecule has 1 atom stereocenters. The Balaban J connectivity index is 2.53. The third-order valence-electron chi connectivity index (χ3n) is 2.89. The Morgan fingerprint density at radius 1 is 1.36 bits per heavy atom. The van der Waals surface area contributed by atoms with Crippen LogP contribution in [0, 0.1) is 0 Å². The standard InChI is InChI=1S/C14H16/c1-10(2)14-9-11(3)8-12-6-4-5-7-13(12)14/h4-8,14H,1,9H2,2-3H3. The lowest BCUT2D eigenvalue weighted by molar-refractivity contribution is 0.770. The molecular formula is C14H16. The van der Waals surface area contributed by atoms with E-state index in [1.54, 1.807) is 0 Å². The lowest BCUT2D eigenvalue weighted by Gasteiger charge is -2.24.